The molecule has 4 rings (SSSR count). The highest BCUT2D eigenvalue weighted by molar-refractivity contribution is 7.18. The van der Waals surface area contributed by atoms with Crippen molar-refractivity contribution in [3.05, 3.63) is 26.6 Å². The molecule has 2 aromatic rings. The van der Waals surface area contributed by atoms with Crippen molar-refractivity contribution < 1.29 is 9.84 Å². The molecule has 0 aromatic carbocycles. The molecule has 0 aliphatic heterocycles. The van der Waals surface area contributed by atoms with E-state index < -0.39 is 6.10 Å². The van der Waals surface area contributed by atoms with Gasteiger partial charge in [-0.2, -0.15) is 0 Å². The van der Waals surface area contributed by atoms with Crippen molar-refractivity contribution >= 4 is 21.6 Å². The van der Waals surface area contributed by atoms with Crippen molar-refractivity contribution in [2.24, 2.45) is 5.92 Å². The third kappa shape index (κ3) is 4.31. The van der Waals surface area contributed by atoms with Crippen molar-refractivity contribution in [3.63, 3.8) is 0 Å². The average molecular weight is 402 g/mol. The van der Waals surface area contributed by atoms with Crippen molar-refractivity contribution in [1.82, 2.24) is 14.9 Å². The summed E-state index contributed by atoms with van der Waals surface area (Å²) in [5.74, 6) is 3.75. The molecule has 1 saturated carbocycles. The second-order valence-corrected chi connectivity index (χ2v) is 9.16. The zero-order chi connectivity index (χ0) is 19.7. The Kier molecular flexibility index (Phi) is 5.83. The molecule has 2 aliphatic carbocycles. The van der Waals surface area contributed by atoms with Gasteiger partial charge in [-0.1, -0.05) is 12.8 Å². The van der Waals surface area contributed by atoms with Crippen molar-refractivity contribution in [2.45, 2.75) is 57.7 Å². The topological polar surface area (TPSA) is 78.5 Å². The number of aryl methyl sites for hydroxylation is 1. The van der Waals surface area contributed by atoms with Crippen LogP contribution in [0.1, 0.15) is 42.5 Å². The normalized spacial score (nSPS) is 20.3. The number of aliphatic hydroxyl groups is 1. The van der Waals surface area contributed by atoms with Crippen molar-refractivity contribution in [2.75, 3.05) is 19.8 Å². The highest BCUT2D eigenvalue weighted by Gasteiger charge is 2.31. The van der Waals surface area contributed by atoms with Gasteiger partial charge in [-0.15, -0.1) is 17.8 Å². The maximum absolute atomic E-state index is 12.8. The number of thiophene rings is 1. The fraction of sp³-hybridized carbons (Fsp3) is 0.619. The first-order valence-electron chi connectivity index (χ1n) is 10.0. The number of aromatic nitrogens is 2. The molecule has 2 aromatic heterocycles. The van der Waals surface area contributed by atoms with Gasteiger partial charge in [-0.3, -0.25) is 9.69 Å². The van der Waals surface area contributed by atoms with Gasteiger partial charge in [0.15, 0.2) is 0 Å². The van der Waals surface area contributed by atoms with Gasteiger partial charge < -0.3 is 14.8 Å². The molecule has 2 N–H and O–H groups in total. The molecule has 2 heterocycles. The van der Waals surface area contributed by atoms with E-state index in [9.17, 15) is 9.90 Å². The fourth-order valence-electron chi connectivity index (χ4n) is 4.02. The number of fused-ring (bicyclic) bond motifs is 3. The Morgan fingerprint density at radius 1 is 1.46 bits per heavy atom. The average Bonchev–Trinajstić information content (AvgIpc) is 3.42. The van der Waals surface area contributed by atoms with Crippen LogP contribution >= 0.6 is 11.3 Å². The number of aliphatic hydroxyl groups excluding tert-OH is 1. The number of ether oxygens (including phenoxy) is 1. The van der Waals surface area contributed by atoms with Crippen LogP contribution < -0.4 is 5.56 Å². The number of terminal acetylenes is 1. The Labute approximate surface area is 168 Å². The monoisotopic (exact) mass is 401 g/mol. The van der Waals surface area contributed by atoms with Crippen LogP contribution in [0, 0.1) is 18.3 Å². The van der Waals surface area contributed by atoms with Crippen LogP contribution in [0.5, 0.6) is 0 Å². The van der Waals surface area contributed by atoms with E-state index in [0.29, 0.717) is 30.9 Å². The van der Waals surface area contributed by atoms with Crippen LogP contribution in [0.3, 0.4) is 0 Å². The summed E-state index contributed by atoms with van der Waals surface area (Å²) in [6.45, 7) is 3.69. The van der Waals surface area contributed by atoms with E-state index in [1.807, 2.05) is 0 Å². The minimum atomic E-state index is -0.611. The van der Waals surface area contributed by atoms with Crippen LogP contribution in [-0.4, -0.2) is 51.9 Å². The van der Waals surface area contributed by atoms with Crippen LogP contribution in [0.25, 0.3) is 10.2 Å². The van der Waals surface area contributed by atoms with Gasteiger partial charge in [0.1, 0.15) is 17.3 Å². The Morgan fingerprint density at radius 3 is 3.04 bits per heavy atom. The van der Waals surface area contributed by atoms with E-state index in [-0.39, 0.29) is 18.8 Å². The molecule has 0 unspecified atom stereocenters. The molecule has 0 radical (unpaired) electrons. The predicted octanol–water partition coefficient (Wildman–Crippen LogP) is 2.08. The largest absolute Gasteiger partial charge is 0.389 e. The number of nitrogens with zero attached hydrogens (tertiary/aromatic N) is 2. The summed E-state index contributed by atoms with van der Waals surface area (Å²) in [5.41, 5.74) is 1.18. The maximum atomic E-state index is 12.8. The van der Waals surface area contributed by atoms with Gasteiger partial charge in [-0.25, -0.2) is 4.98 Å². The molecule has 2 atom stereocenters. The molecule has 2 aliphatic rings. The minimum Gasteiger partial charge on any atom is -0.389 e. The molecule has 28 heavy (non-hydrogen) atoms. The van der Waals surface area contributed by atoms with Gasteiger partial charge in [0.25, 0.3) is 5.56 Å². The molecule has 0 saturated heterocycles. The summed E-state index contributed by atoms with van der Waals surface area (Å²) < 4.78 is 5.24. The second kappa shape index (κ2) is 8.34. The summed E-state index contributed by atoms with van der Waals surface area (Å²) in [7, 11) is 0. The third-order valence-electron chi connectivity index (χ3n) is 5.57. The highest BCUT2D eigenvalue weighted by atomic mass is 32.1. The molecule has 1 fully saturated rings. The number of H-pyrrole nitrogens is 1. The Morgan fingerprint density at radius 2 is 2.29 bits per heavy atom. The van der Waals surface area contributed by atoms with Gasteiger partial charge >= 0.3 is 0 Å². The third-order valence-corrected chi connectivity index (χ3v) is 6.72. The van der Waals surface area contributed by atoms with Gasteiger partial charge in [-0.05, 0) is 43.6 Å². The lowest BCUT2D eigenvalue weighted by Gasteiger charge is -2.24. The van der Waals surface area contributed by atoms with Crippen LogP contribution in [0.15, 0.2) is 4.79 Å². The van der Waals surface area contributed by atoms with E-state index in [1.165, 1.54) is 10.4 Å². The Bertz CT molecular complexity index is 941. The van der Waals surface area contributed by atoms with Gasteiger partial charge in [0, 0.05) is 17.5 Å². The summed E-state index contributed by atoms with van der Waals surface area (Å²) in [4.78, 5) is 24.9. The van der Waals surface area contributed by atoms with E-state index >= 15 is 0 Å². The summed E-state index contributed by atoms with van der Waals surface area (Å²) in [6.07, 6.45) is 9.92. The van der Waals surface area contributed by atoms with E-state index in [0.717, 1.165) is 42.3 Å². The van der Waals surface area contributed by atoms with Crippen molar-refractivity contribution in [3.8, 4) is 12.3 Å². The first kappa shape index (κ1) is 19.6. The predicted molar refractivity (Wildman–Crippen MR) is 111 cm³/mol. The quantitative estimate of drug-likeness (QED) is 0.523. The Hall–Kier alpha value is -1.72. The first-order chi connectivity index (χ1) is 13.5. The molecule has 0 bridgehead atoms. The number of nitrogens with one attached hydrogen (secondary N) is 1. The maximum Gasteiger partial charge on any atom is 0.259 e. The minimum absolute atomic E-state index is 0.0271. The zero-order valence-electron chi connectivity index (χ0n) is 16.2. The molecule has 0 amide bonds. The molecule has 6 nitrogen and oxygen atoms in total. The molecule has 7 heteroatoms. The standard InChI is InChI=1S/C21H27N3O3S/c1-3-8-27-12-15(25)10-24(14-5-6-14)11-18-22-20(26)19-16-7-4-13(2)9-17(16)28-21(19)23-18/h1,13-15,25H,4-12H2,2H3,(H,22,23,26)/t13-,15-/m0/s1. The van der Waals surface area contributed by atoms with Crippen molar-refractivity contribution in [1.29, 1.82) is 0 Å². The number of rotatable bonds is 8. The summed E-state index contributed by atoms with van der Waals surface area (Å²) in [6, 6.07) is 0.431. The Balaban J connectivity index is 1.51. The SMILES string of the molecule is C#CCOC[C@@H](O)CN(Cc1nc2sc3c(c2c(=O)[nH]1)CC[C@H](C)C3)C1CC1. The lowest BCUT2D eigenvalue weighted by molar-refractivity contribution is 0.0237. The van der Waals surface area contributed by atoms with Crippen LogP contribution in [0.4, 0.5) is 0 Å². The zero-order valence-corrected chi connectivity index (χ0v) is 17.1. The van der Waals surface area contributed by atoms with E-state index in [4.69, 9.17) is 16.1 Å². The van der Waals surface area contributed by atoms with E-state index in [1.54, 1.807) is 11.3 Å². The van der Waals surface area contributed by atoms with Crippen LogP contribution in [-0.2, 0) is 24.1 Å². The summed E-state index contributed by atoms with van der Waals surface area (Å²) >= 11 is 1.67. The molecule has 0 spiro atoms. The summed E-state index contributed by atoms with van der Waals surface area (Å²) in [5, 5.41) is 11.0. The molecule has 150 valence electrons. The van der Waals surface area contributed by atoms with Gasteiger partial charge in [0.05, 0.1) is 24.6 Å². The lowest BCUT2D eigenvalue weighted by Crippen LogP contribution is -2.37. The first-order valence-corrected chi connectivity index (χ1v) is 10.8. The number of hydrogen-bond donors (Lipinski definition) is 2. The van der Waals surface area contributed by atoms with E-state index in [2.05, 4.69) is 22.7 Å². The molecular formula is C21H27N3O3S. The smallest absolute Gasteiger partial charge is 0.259 e. The highest BCUT2D eigenvalue weighted by Crippen LogP contribution is 2.36. The second-order valence-electron chi connectivity index (χ2n) is 8.08. The molecular weight excluding hydrogens is 374 g/mol. The number of hydrogen-bond acceptors (Lipinski definition) is 6. The fourth-order valence-corrected chi connectivity index (χ4v) is 5.42. The van der Waals surface area contributed by atoms with Gasteiger partial charge in [0.2, 0.25) is 0 Å². The number of aromatic amines is 1. The van der Waals surface area contributed by atoms with Crippen LogP contribution in [0.2, 0.25) is 0 Å². The lowest BCUT2D eigenvalue weighted by atomic mass is 9.89.